The highest BCUT2D eigenvalue weighted by Gasteiger charge is 2.53. The maximum absolute atomic E-state index is 13.2. The van der Waals surface area contributed by atoms with E-state index in [4.69, 9.17) is 0 Å². The van der Waals surface area contributed by atoms with Gasteiger partial charge < -0.3 is 5.32 Å². The van der Waals surface area contributed by atoms with Crippen molar-refractivity contribution < 1.29 is 17.2 Å². The first-order valence-corrected chi connectivity index (χ1v) is 7.52. The van der Waals surface area contributed by atoms with Crippen molar-refractivity contribution in [2.45, 2.75) is 49.8 Å². The molecule has 16 heavy (non-hydrogen) atoms. The van der Waals surface area contributed by atoms with Gasteiger partial charge in [-0.05, 0) is 32.2 Å². The second-order valence-corrected chi connectivity index (χ2v) is 6.71. The Labute approximate surface area is 95.5 Å². The van der Waals surface area contributed by atoms with Gasteiger partial charge in [-0.1, -0.05) is 6.92 Å². The zero-order chi connectivity index (χ0) is 12.4. The lowest BCUT2D eigenvalue weighted by molar-refractivity contribution is 0.0353. The molecular formula is C10H19F2NO2S. The van der Waals surface area contributed by atoms with Crippen molar-refractivity contribution in [2.75, 3.05) is 12.8 Å². The first-order chi connectivity index (χ1) is 7.34. The van der Waals surface area contributed by atoms with Crippen molar-refractivity contribution >= 4 is 9.84 Å². The molecule has 0 bridgehead atoms. The molecule has 1 rings (SSSR count). The number of halogens is 2. The molecule has 0 aromatic heterocycles. The third-order valence-electron chi connectivity index (χ3n) is 3.24. The van der Waals surface area contributed by atoms with E-state index in [2.05, 4.69) is 5.32 Å². The van der Waals surface area contributed by atoms with Gasteiger partial charge in [0.2, 0.25) is 0 Å². The highest BCUT2D eigenvalue weighted by molar-refractivity contribution is 7.91. The van der Waals surface area contributed by atoms with Crippen molar-refractivity contribution in [3.8, 4) is 0 Å². The predicted molar refractivity (Wildman–Crippen MR) is 59.5 cm³/mol. The van der Waals surface area contributed by atoms with Gasteiger partial charge in [-0.3, -0.25) is 0 Å². The second-order valence-electron chi connectivity index (χ2n) is 4.48. The Kier molecular flexibility index (Phi) is 4.29. The summed E-state index contributed by atoms with van der Waals surface area (Å²) in [7, 11) is -3.43. The highest BCUT2D eigenvalue weighted by atomic mass is 32.2. The monoisotopic (exact) mass is 255 g/mol. The molecule has 0 aromatic carbocycles. The Morgan fingerprint density at radius 3 is 2.56 bits per heavy atom. The highest BCUT2D eigenvalue weighted by Crippen LogP contribution is 2.39. The Bertz CT molecular complexity index is 332. The molecule has 96 valence electrons. The average Bonchev–Trinajstić information content (AvgIpc) is 2.58. The Balaban J connectivity index is 2.99. The van der Waals surface area contributed by atoms with Gasteiger partial charge in [0.25, 0.3) is 6.43 Å². The molecule has 1 aliphatic rings. The van der Waals surface area contributed by atoms with Crippen LogP contribution in [0.25, 0.3) is 0 Å². The minimum absolute atomic E-state index is 0.238. The molecule has 2 atom stereocenters. The fraction of sp³-hybridized carbons (Fsp3) is 1.00. The number of sulfone groups is 1. The average molecular weight is 255 g/mol. The van der Waals surface area contributed by atoms with E-state index in [9.17, 15) is 17.2 Å². The third kappa shape index (κ3) is 2.53. The molecule has 1 N–H and O–H groups in total. The van der Waals surface area contributed by atoms with Crippen molar-refractivity contribution in [2.24, 2.45) is 0 Å². The largest absolute Gasteiger partial charge is 0.305 e. The van der Waals surface area contributed by atoms with Crippen molar-refractivity contribution in [3.05, 3.63) is 0 Å². The van der Waals surface area contributed by atoms with Gasteiger partial charge in [-0.25, -0.2) is 17.2 Å². The quantitative estimate of drug-likeness (QED) is 0.811. The van der Waals surface area contributed by atoms with E-state index >= 15 is 0 Å². The van der Waals surface area contributed by atoms with Gasteiger partial charge in [0.05, 0.1) is 10.8 Å². The van der Waals surface area contributed by atoms with Crippen LogP contribution in [-0.2, 0) is 9.84 Å². The van der Waals surface area contributed by atoms with E-state index in [1.54, 1.807) is 0 Å². The molecular weight excluding hydrogens is 236 g/mol. The minimum Gasteiger partial charge on any atom is -0.305 e. The fourth-order valence-corrected chi connectivity index (χ4v) is 4.14. The third-order valence-corrected chi connectivity index (χ3v) is 4.93. The summed E-state index contributed by atoms with van der Waals surface area (Å²) < 4.78 is 49.4. The molecule has 0 radical (unpaired) electrons. The summed E-state index contributed by atoms with van der Waals surface area (Å²) in [6, 6.07) is 0. The van der Waals surface area contributed by atoms with Crippen LogP contribution >= 0.6 is 0 Å². The van der Waals surface area contributed by atoms with Crippen molar-refractivity contribution in [1.29, 1.82) is 0 Å². The number of hydrogen-bond donors (Lipinski definition) is 1. The maximum Gasteiger partial charge on any atom is 0.257 e. The summed E-state index contributed by atoms with van der Waals surface area (Å²) in [6.07, 6.45) is 0.237. The second kappa shape index (κ2) is 4.96. The lowest BCUT2D eigenvalue weighted by Crippen LogP contribution is -2.59. The van der Waals surface area contributed by atoms with E-state index in [1.807, 2.05) is 6.92 Å². The summed E-state index contributed by atoms with van der Waals surface area (Å²) in [5.41, 5.74) is -1.52. The molecule has 0 spiro atoms. The van der Waals surface area contributed by atoms with Crippen LogP contribution in [0.5, 0.6) is 0 Å². The Hall–Kier alpha value is -0.230. The molecule has 3 nitrogen and oxygen atoms in total. The number of hydrogen-bond acceptors (Lipinski definition) is 3. The first kappa shape index (κ1) is 13.8. The molecule has 0 aromatic rings. The molecule has 1 saturated carbocycles. The normalized spacial score (nSPS) is 31.2. The summed E-state index contributed by atoms with van der Waals surface area (Å²) in [5, 5.41) is 1.82. The summed E-state index contributed by atoms with van der Waals surface area (Å²) in [6.45, 7) is 2.30. The van der Waals surface area contributed by atoms with E-state index < -0.39 is 27.1 Å². The maximum atomic E-state index is 13.2. The predicted octanol–water partition coefficient (Wildman–Crippen LogP) is 1.59. The summed E-state index contributed by atoms with van der Waals surface area (Å²) in [5.74, 6) is 0. The minimum atomic E-state index is -3.43. The van der Waals surface area contributed by atoms with Crippen LogP contribution in [0.2, 0.25) is 0 Å². The van der Waals surface area contributed by atoms with Gasteiger partial charge >= 0.3 is 0 Å². The molecule has 1 aliphatic carbocycles. The summed E-state index contributed by atoms with van der Waals surface area (Å²) >= 11 is 0. The molecule has 2 unspecified atom stereocenters. The van der Waals surface area contributed by atoms with Crippen LogP contribution in [0, 0.1) is 0 Å². The van der Waals surface area contributed by atoms with E-state index in [0.29, 0.717) is 25.8 Å². The first-order valence-electron chi connectivity index (χ1n) is 5.56. The number of nitrogens with one attached hydrogen (secondary N) is 1. The topological polar surface area (TPSA) is 46.2 Å². The standard InChI is InChI=1S/C10H19F2NO2S/c1-3-7-13-10(9(11)12)6-4-5-8(10)16(2,14)15/h8-9,13H,3-7H2,1-2H3. The number of alkyl halides is 2. The summed E-state index contributed by atoms with van der Waals surface area (Å²) in [4.78, 5) is 0. The smallest absolute Gasteiger partial charge is 0.257 e. The van der Waals surface area contributed by atoms with Crippen LogP contribution < -0.4 is 5.32 Å². The van der Waals surface area contributed by atoms with E-state index in [-0.39, 0.29) is 6.42 Å². The molecule has 6 heteroatoms. The zero-order valence-corrected chi connectivity index (χ0v) is 10.5. The lowest BCUT2D eigenvalue weighted by Gasteiger charge is -2.34. The lowest BCUT2D eigenvalue weighted by atomic mass is 9.97. The molecule has 0 amide bonds. The Morgan fingerprint density at radius 2 is 2.12 bits per heavy atom. The molecule has 0 aliphatic heterocycles. The van der Waals surface area contributed by atoms with Crippen LogP contribution in [-0.4, -0.2) is 38.4 Å². The molecule has 0 heterocycles. The van der Waals surface area contributed by atoms with Gasteiger partial charge in [0.1, 0.15) is 0 Å². The van der Waals surface area contributed by atoms with Gasteiger partial charge in [0.15, 0.2) is 9.84 Å². The van der Waals surface area contributed by atoms with Crippen LogP contribution in [0.1, 0.15) is 32.6 Å². The van der Waals surface area contributed by atoms with E-state index in [1.165, 1.54) is 0 Å². The van der Waals surface area contributed by atoms with Gasteiger partial charge in [-0.15, -0.1) is 0 Å². The van der Waals surface area contributed by atoms with Crippen LogP contribution in [0.15, 0.2) is 0 Å². The Morgan fingerprint density at radius 1 is 1.50 bits per heavy atom. The van der Waals surface area contributed by atoms with Gasteiger partial charge in [0, 0.05) is 6.26 Å². The van der Waals surface area contributed by atoms with Crippen LogP contribution in [0.3, 0.4) is 0 Å². The molecule has 0 saturated heterocycles. The van der Waals surface area contributed by atoms with Gasteiger partial charge in [-0.2, -0.15) is 0 Å². The SMILES string of the molecule is CCCNC1(C(F)F)CCCC1S(C)(=O)=O. The fourth-order valence-electron chi connectivity index (χ4n) is 2.48. The van der Waals surface area contributed by atoms with Crippen LogP contribution in [0.4, 0.5) is 8.78 Å². The molecule has 1 fully saturated rings. The zero-order valence-electron chi connectivity index (χ0n) is 9.67. The van der Waals surface area contributed by atoms with Crippen molar-refractivity contribution in [1.82, 2.24) is 5.32 Å². The number of rotatable bonds is 5. The van der Waals surface area contributed by atoms with Crippen molar-refractivity contribution in [3.63, 3.8) is 0 Å². The van der Waals surface area contributed by atoms with E-state index in [0.717, 1.165) is 6.26 Å².